The number of amides is 2. The van der Waals surface area contributed by atoms with Crippen LogP contribution >= 0.6 is 0 Å². The fraction of sp³-hybridized carbons (Fsp3) is 0.526. The summed E-state index contributed by atoms with van der Waals surface area (Å²) in [6.07, 6.45) is 1.45. The molecule has 140 valence electrons. The number of rotatable bonds is 3. The molecule has 0 saturated carbocycles. The third kappa shape index (κ3) is 3.88. The zero-order chi connectivity index (χ0) is 18.8. The number of carbonyl (C=O) groups excluding carboxylic acids is 2. The van der Waals surface area contributed by atoms with Gasteiger partial charge in [-0.15, -0.1) is 0 Å². The highest BCUT2D eigenvalue weighted by molar-refractivity contribution is 5.81. The molecule has 0 aliphatic carbocycles. The van der Waals surface area contributed by atoms with Gasteiger partial charge < -0.3 is 20.5 Å². The van der Waals surface area contributed by atoms with Crippen molar-refractivity contribution in [2.45, 2.75) is 39.3 Å². The molecule has 0 bridgehead atoms. The van der Waals surface area contributed by atoms with Gasteiger partial charge in [-0.1, -0.05) is 6.07 Å². The van der Waals surface area contributed by atoms with E-state index in [1.54, 1.807) is 4.90 Å². The molecule has 1 aliphatic heterocycles. The van der Waals surface area contributed by atoms with Crippen molar-refractivity contribution in [2.75, 3.05) is 13.1 Å². The van der Waals surface area contributed by atoms with E-state index in [9.17, 15) is 9.59 Å². The number of benzene rings is 1. The predicted molar refractivity (Wildman–Crippen MR) is 100 cm³/mol. The van der Waals surface area contributed by atoms with Crippen molar-refractivity contribution in [1.29, 1.82) is 0 Å². The van der Waals surface area contributed by atoms with Crippen LogP contribution in [0.15, 0.2) is 18.2 Å². The van der Waals surface area contributed by atoms with Crippen LogP contribution in [0.4, 0.5) is 0 Å². The second kappa shape index (κ2) is 7.45. The summed E-state index contributed by atoms with van der Waals surface area (Å²) >= 11 is 0. The Hall–Kier alpha value is -2.41. The standard InChI is InChI=1S/C19H27N5O2/c1-12-22-17-8-14(4-7-18(17)23(12)3)9-21-19(26)15-5-6-16(20)11-24(10-15)13(2)25/h4,7-8,15-16H,5-6,9-11,20H2,1-3H3,(H,21,26)/t15-,16+/m1/s1. The predicted octanol–water partition coefficient (Wildman–Crippen LogP) is 1.08. The Labute approximate surface area is 153 Å². The minimum absolute atomic E-state index is 0.0253. The van der Waals surface area contributed by atoms with Crippen molar-refractivity contribution in [1.82, 2.24) is 19.8 Å². The van der Waals surface area contributed by atoms with Crippen LogP contribution in [-0.4, -0.2) is 45.4 Å². The molecule has 1 aromatic carbocycles. The maximum Gasteiger partial charge on any atom is 0.225 e. The summed E-state index contributed by atoms with van der Waals surface area (Å²) in [5.41, 5.74) is 9.04. The van der Waals surface area contributed by atoms with E-state index in [1.165, 1.54) is 6.92 Å². The minimum atomic E-state index is -0.215. The molecule has 2 heterocycles. The van der Waals surface area contributed by atoms with Gasteiger partial charge in [0, 0.05) is 39.6 Å². The van der Waals surface area contributed by atoms with Gasteiger partial charge in [0.2, 0.25) is 11.8 Å². The van der Waals surface area contributed by atoms with E-state index < -0.39 is 0 Å². The molecular formula is C19H27N5O2. The lowest BCUT2D eigenvalue weighted by Crippen LogP contribution is -2.42. The number of hydrogen-bond acceptors (Lipinski definition) is 4. The Kier molecular flexibility index (Phi) is 5.27. The Morgan fingerprint density at radius 1 is 1.31 bits per heavy atom. The number of carbonyl (C=O) groups is 2. The number of imidazole rings is 1. The molecule has 1 aliphatic rings. The number of aromatic nitrogens is 2. The lowest BCUT2D eigenvalue weighted by atomic mass is 10.0. The van der Waals surface area contributed by atoms with E-state index in [2.05, 4.69) is 10.3 Å². The minimum Gasteiger partial charge on any atom is -0.352 e. The average Bonchev–Trinajstić information content (AvgIpc) is 2.77. The molecular weight excluding hydrogens is 330 g/mol. The van der Waals surface area contributed by atoms with Gasteiger partial charge >= 0.3 is 0 Å². The smallest absolute Gasteiger partial charge is 0.225 e. The van der Waals surface area contributed by atoms with Gasteiger partial charge in [0.1, 0.15) is 5.82 Å². The first-order chi connectivity index (χ1) is 12.3. The van der Waals surface area contributed by atoms with Crippen LogP contribution < -0.4 is 11.1 Å². The number of nitrogens with zero attached hydrogens (tertiary/aromatic N) is 3. The first-order valence-electron chi connectivity index (χ1n) is 9.06. The molecule has 7 heteroatoms. The number of likely N-dealkylation sites (tertiary alicyclic amines) is 1. The number of fused-ring (bicyclic) bond motifs is 1. The largest absolute Gasteiger partial charge is 0.352 e. The Balaban J connectivity index is 1.65. The summed E-state index contributed by atoms with van der Waals surface area (Å²) < 4.78 is 2.04. The topological polar surface area (TPSA) is 93.2 Å². The van der Waals surface area contributed by atoms with Crippen molar-refractivity contribution in [3.05, 3.63) is 29.6 Å². The first-order valence-corrected chi connectivity index (χ1v) is 9.06. The van der Waals surface area contributed by atoms with E-state index in [4.69, 9.17) is 5.73 Å². The van der Waals surface area contributed by atoms with Crippen LogP contribution in [0.1, 0.15) is 31.2 Å². The number of aryl methyl sites for hydroxylation is 2. The molecule has 0 unspecified atom stereocenters. The summed E-state index contributed by atoms with van der Waals surface area (Å²) in [4.78, 5) is 30.6. The van der Waals surface area contributed by atoms with Crippen molar-refractivity contribution in [3.63, 3.8) is 0 Å². The van der Waals surface area contributed by atoms with Gasteiger partial charge in [0.05, 0.1) is 17.0 Å². The summed E-state index contributed by atoms with van der Waals surface area (Å²) in [6.45, 7) is 4.91. The van der Waals surface area contributed by atoms with Gasteiger partial charge in [-0.25, -0.2) is 4.98 Å². The summed E-state index contributed by atoms with van der Waals surface area (Å²) in [6, 6.07) is 5.98. The fourth-order valence-electron chi connectivity index (χ4n) is 3.50. The average molecular weight is 357 g/mol. The molecule has 26 heavy (non-hydrogen) atoms. The molecule has 2 atom stereocenters. The van der Waals surface area contributed by atoms with Crippen LogP contribution in [0.3, 0.4) is 0 Å². The van der Waals surface area contributed by atoms with E-state index in [0.29, 0.717) is 26.1 Å². The van der Waals surface area contributed by atoms with Gasteiger partial charge in [-0.05, 0) is 37.5 Å². The van der Waals surface area contributed by atoms with Crippen LogP contribution in [0.25, 0.3) is 11.0 Å². The van der Waals surface area contributed by atoms with E-state index in [0.717, 1.165) is 28.8 Å². The molecule has 3 N–H and O–H groups in total. The molecule has 3 rings (SSSR count). The summed E-state index contributed by atoms with van der Waals surface area (Å²) in [7, 11) is 1.99. The lowest BCUT2D eigenvalue weighted by Gasteiger charge is -2.23. The van der Waals surface area contributed by atoms with Gasteiger partial charge in [-0.3, -0.25) is 9.59 Å². The van der Waals surface area contributed by atoms with E-state index >= 15 is 0 Å². The Morgan fingerprint density at radius 2 is 2.08 bits per heavy atom. The third-order valence-corrected chi connectivity index (χ3v) is 5.23. The summed E-state index contributed by atoms with van der Waals surface area (Å²) in [5.74, 6) is 0.687. The zero-order valence-corrected chi connectivity index (χ0v) is 15.7. The van der Waals surface area contributed by atoms with Crippen LogP contribution in [-0.2, 0) is 23.2 Å². The second-order valence-electron chi connectivity index (χ2n) is 7.22. The maximum absolute atomic E-state index is 12.6. The monoisotopic (exact) mass is 357 g/mol. The lowest BCUT2D eigenvalue weighted by molar-refractivity contribution is -0.131. The number of nitrogens with one attached hydrogen (secondary N) is 1. The first kappa shape index (κ1) is 18.4. The van der Waals surface area contributed by atoms with Crippen molar-refractivity contribution in [3.8, 4) is 0 Å². The summed E-state index contributed by atoms with van der Waals surface area (Å²) in [5, 5.41) is 3.00. The van der Waals surface area contributed by atoms with Gasteiger partial charge in [0.25, 0.3) is 0 Å². The van der Waals surface area contributed by atoms with E-state index in [-0.39, 0.29) is 23.8 Å². The van der Waals surface area contributed by atoms with Crippen LogP contribution in [0.2, 0.25) is 0 Å². The molecule has 0 spiro atoms. The highest BCUT2D eigenvalue weighted by Crippen LogP contribution is 2.18. The van der Waals surface area contributed by atoms with Crippen LogP contribution in [0, 0.1) is 12.8 Å². The normalized spacial score (nSPS) is 20.8. The van der Waals surface area contributed by atoms with Crippen molar-refractivity contribution >= 4 is 22.8 Å². The fourth-order valence-corrected chi connectivity index (χ4v) is 3.50. The molecule has 2 amide bonds. The zero-order valence-electron chi connectivity index (χ0n) is 15.7. The Bertz CT molecular complexity index is 829. The number of hydrogen-bond donors (Lipinski definition) is 2. The SMILES string of the molecule is CC(=O)N1C[C@@H](N)CC[C@@H](C(=O)NCc2ccc3c(c2)nc(C)n3C)C1. The molecule has 2 aromatic rings. The van der Waals surface area contributed by atoms with E-state index in [1.807, 2.05) is 36.7 Å². The molecule has 1 saturated heterocycles. The Morgan fingerprint density at radius 3 is 2.81 bits per heavy atom. The highest BCUT2D eigenvalue weighted by Gasteiger charge is 2.28. The molecule has 7 nitrogen and oxygen atoms in total. The van der Waals surface area contributed by atoms with Crippen LogP contribution in [0.5, 0.6) is 0 Å². The second-order valence-corrected chi connectivity index (χ2v) is 7.22. The quantitative estimate of drug-likeness (QED) is 0.860. The van der Waals surface area contributed by atoms with Crippen molar-refractivity contribution < 1.29 is 9.59 Å². The van der Waals surface area contributed by atoms with Gasteiger partial charge in [-0.2, -0.15) is 0 Å². The molecule has 1 fully saturated rings. The van der Waals surface area contributed by atoms with Gasteiger partial charge in [0.15, 0.2) is 0 Å². The number of nitrogens with two attached hydrogens (primary N) is 1. The highest BCUT2D eigenvalue weighted by atomic mass is 16.2. The third-order valence-electron chi connectivity index (χ3n) is 5.23. The molecule has 0 radical (unpaired) electrons. The molecule has 1 aromatic heterocycles. The van der Waals surface area contributed by atoms with Crippen molar-refractivity contribution in [2.24, 2.45) is 18.7 Å². The maximum atomic E-state index is 12.6.